The Bertz CT molecular complexity index is 1830. The minimum Gasteiger partial charge on any atom is -0.384 e. The number of morpholine rings is 1. The van der Waals surface area contributed by atoms with Crippen molar-refractivity contribution in [3.63, 3.8) is 0 Å². The topological polar surface area (TPSA) is 128 Å². The molecule has 43 heavy (non-hydrogen) atoms. The third-order valence-electron chi connectivity index (χ3n) is 8.42. The second-order valence-corrected chi connectivity index (χ2v) is 11.8. The van der Waals surface area contributed by atoms with E-state index in [1.54, 1.807) is 30.6 Å². The summed E-state index contributed by atoms with van der Waals surface area (Å²) in [4.78, 5) is 32.8. The van der Waals surface area contributed by atoms with E-state index in [4.69, 9.17) is 35.7 Å². The van der Waals surface area contributed by atoms with Gasteiger partial charge in [0.1, 0.15) is 17.0 Å². The van der Waals surface area contributed by atoms with Crippen molar-refractivity contribution in [2.24, 2.45) is 11.8 Å². The number of rotatable bonds is 6. The molecule has 1 saturated carbocycles. The Kier molecular flexibility index (Phi) is 7.39. The molecule has 0 bridgehead atoms. The monoisotopic (exact) mass is 604 g/mol. The number of hydrogen-bond acceptors (Lipinski definition) is 9. The molecule has 5 aromatic rings. The molecular weight excluding hydrogens is 575 g/mol. The summed E-state index contributed by atoms with van der Waals surface area (Å²) in [5.41, 5.74) is 2.80. The predicted octanol–water partition coefficient (Wildman–Crippen LogP) is 5.43. The molecule has 7 rings (SSSR count). The summed E-state index contributed by atoms with van der Waals surface area (Å²) in [6, 6.07) is 8.15. The van der Waals surface area contributed by atoms with Gasteiger partial charge in [-0.1, -0.05) is 49.6 Å². The van der Waals surface area contributed by atoms with E-state index >= 15 is 4.39 Å². The predicted molar refractivity (Wildman–Crippen MR) is 158 cm³/mol. The summed E-state index contributed by atoms with van der Waals surface area (Å²) in [5.74, 6) is 0.775. The van der Waals surface area contributed by atoms with Crippen LogP contribution in [-0.2, 0) is 11.3 Å². The number of nitrogens with zero attached hydrogens (tertiary/aromatic N) is 7. The van der Waals surface area contributed by atoms with Gasteiger partial charge >= 0.3 is 5.76 Å². The standard InChI is InChI=1S/C30H30ClFN8O3/c1-17-6-8-18(9-7-17)15-40-25-24(19-12-20(31)14-33-13-19)34-27(28-37-38-30(41)43-28)35-26(25)36-29(40)39-10-11-42-16-23(39)21-4-2-3-5-22(21)32/h2-5,12-14,17-18,23H,6-11,15-16H2,1H3,(H,38,41)/t17-,18-,23-/m0/s1. The lowest BCUT2D eigenvalue weighted by Gasteiger charge is -2.37. The van der Waals surface area contributed by atoms with Crippen molar-refractivity contribution in [1.29, 1.82) is 0 Å². The number of fused-ring (bicyclic) bond motifs is 1. The molecule has 1 saturated heterocycles. The third kappa shape index (κ3) is 5.40. The molecule has 13 heteroatoms. The number of hydrogen-bond donors (Lipinski definition) is 1. The van der Waals surface area contributed by atoms with Crippen molar-refractivity contribution in [3.8, 4) is 23.0 Å². The number of anilines is 1. The van der Waals surface area contributed by atoms with Gasteiger partial charge in [-0.2, -0.15) is 4.98 Å². The number of ether oxygens (including phenoxy) is 1. The molecule has 0 spiro atoms. The van der Waals surface area contributed by atoms with Crippen LogP contribution in [0.1, 0.15) is 44.2 Å². The van der Waals surface area contributed by atoms with Crippen molar-refractivity contribution in [2.75, 3.05) is 24.7 Å². The minimum absolute atomic E-state index is 0.0592. The molecule has 1 aliphatic heterocycles. The van der Waals surface area contributed by atoms with Crippen molar-refractivity contribution in [3.05, 3.63) is 69.7 Å². The van der Waals surface area contributed by atoms with Crippen LogP contribution in [0.2, 0.25) is 5.02 Å². The van der Waals surface area contributed by atoms with Gasteiger partial charge in [0, 0.05) is 36.6 Å². The fraction of sp³-hybridized carbons (Fsp3) is 0.400. The molecule has 5 heterocycles. The Morgan fingerprint density at radius 2 is 1.95 bits per heavy atom. The molecule has 1 aliphatic carbocycles. The minimum atomic E-state index is -0.719. The van der Waals surface area contributed by atoms with Crippen LogP contribution in [0.5, 0.6) is 0 Å². The molecule has 1 aromatic carbocycles. The van der Waals surface area contributed by atoms with Gasteiger partial charge in [0.05, 0.1) is 24.3 Å². The Labute approximate surface area is 251 Å². The molecule has 2 aliphatic rings. The molecule has 11 nitrogen and oxygen atoms in total. The van der Waals surface area contributed by atoms with E-state index in [1.807, 2.05) is 6.07 Å². The number of aromatic nitrogens is 7. The van der Waals surface area contributed by atoms with Crippen LogP contribution in [-0.4, -0.2) is 54.5 Å². The van der Waals surface area contributed by atoms with Crippen LogP contribution in [0.15, 0.2) is 51.9 Å². The molecule has 0 radical (unpaired) electrons. The highest BCUT2D eigenvalue weighted by Crippen LogP contribution is 2.39. The average Bonchev–Trinajstić information content (AvgIpc) is 3.61. The van der Waals surface area contributed by atoms with Crippen LogP contribution in [0.4, 0.5) is 10.3 Å². The number of imidazole rings is 1. The van der Waals surface area contributed by atoms with E-state index in [2.05, 4.69) is 31.6 Å². The molecule has 2 fully saturated rings. The molecule has 1 N–H and O–H groups in total. The molecule has 222 valence electrons. The fourth-order valence-electron chi connectivity index (χ4n) is 6.20. The third-order valence-corrected chi connectivity index (χ3v) is 8.62. The van der Waals surface area contributed by atoms with E-state index in [0.717, 1.165) is 25.7 Å². The number of halogens is 2. The molecule has 1 atom stereocenters. The summed E-state index contributed by atoms with van der Waals surface area (Å²) in [6.45, 7) is 4.27. The van der Waals surface area contributed by atoms with Crippen LogP contribution < -0.4 is 10.7 Å². The van der Waals surface area contributed by atoms with Crippen molar-refractivity contribution < 1.29 is 13.5 Å². The van der Waals surface area contributed by atoms with E-state index in [1.165, 1.54) is 6.07 Å². The maximum atomic E-state index is 15.1. The first-order valence-corrected chi connectivity index (χ1v) is 14.9. The van der Waals surface area contributed by atoms with Crippen LogP contribution in [0.3, 0.4) is 0 Å². The highest BCUT2D eigenvalue weighted by atomic mass is 35.5. The Balaban J connectivity index is 1.46. The fourth-order valence-corrected chi connectivity index (χ4v) is 6.37. The zero-order valence-electron chi connectivity index (χ0n) is 23.5. The van der Waals surface area contributed by atoms with Gasteiger partial charge in [0.2, 0.25) is 11.8 Å². The molecule has 0 amide bonds. The average molecular weight is 605 g/mol. The summed E-state index contributed by atoms with van der Waals surface area (Å²) < 4.78 is 28.4. The summed E-state index contributed by atoms with van der Waals surface area (Å²) in [5, 5.41) is 6.66. The van der Waals surface area contributed by atoms with E-state index in [0.29, 0.717) is 77.1 Å². The molecular formula is C30H30ClFN8O3. The SMILES string of the molecule is C[C@H]1CC[C@H](Cn2c(N3CCOC[C@H]3c3ccccc3F)nc3nc(-c4n[nH]c(=O)o4)nc(-c4cncc(Cl)c4)c32)CC1. The van der Waals surface area contributed by atoms with E-state index in [9.17, 15) is 4.79 Å². The number of nitrogens with one attached hydrogen (secondary N) is 1. The first-order chi connectivity index (χ1) is 20.9. The number of H-pyrrole nitrogens is 1. The Morgan fingerprint density at radius 3 is 2.72 bits per heavy atom. The van der Waals surface area contributed by atoms with Gasteiger partial charge in [-0.3, -0.25) is 4.98 Å². The number of aromatic amines is 1. The highest BCUT2D eigenvalue weighted by Gasteiger charge is 2.33. The lowest BCUT2D eigenvalue weighted by molar-refractivity contribution is 0.0917. The lowest BCUT2D eigenvalue weighted by Crippen LogP contribution is -2.41. The normalized spacial score (nSPS) is 21.0. The smallest absolute Gasteiger partial charge is 0.384 e. The highest BCUT2D eigenvalue weighted by molar-refractivity contribution is 6.30. The number of benzene rings is 1. The zero-order valence-corrected chi connectivity index (χ0v) is 24.3. The lowest BCUT2D eigenvalue weighted by atomic mass is 9.83. The summed E-state index contributed by atoms with van der Waals surface area (Å²) >= 11 is 6.38. The number of pyridine rings is 1. The van der Waals surface area contributed by atoms with Gasteiger partial charge in [0.25, 0.3) is 5.89 Å². The Morgan fingerprint density at radius 1 is 1.12 bits per heavy atom. The van der Waals surface area contributed by atoms with Gasteiger partial charge in [-0.25, -0.2) is 24.3 Å². The van der Waals surface area contributed by atoms with E-state index < -0.39 is 11.8 Å². The van der Waals surface area contributed by atoms with Crippen LogP contribution in [0, 0.1) is 17.7 Å². The largest absolute Gasteiger partial charge is 0.434 e. The quantitative estimate of drug-likeness (QED) is 0.270. The van der Waals surface area contributed by atoms with Crippen LogP contribution in [0.25, 0.3) is 34.1 Å². The second kappa shape index (κ2) is 11.5. The van der Waals surface area contributed by atoms with Crippen molar-refractivity contribution in [1.82, 2.24) is 34.7 Å². The maximum absolute atomic E-state index is 15.1. The second-order valence-electron chi connectivity index (χ2n) is 11.3. The molecule has 4 aromatic heterocycles. The summed E-state index contributed by atoms with van der Waals surface area (Å²) in [7, 11) is 0. The van der Waals surface area contributed by atoms with Gasteiger partial charge in [0.15, 0.2) is 5.65 Å². The summed E-state index contributed by atoms with van der Waals surface area (Å²) in [6.07, 6.45) is 7.72. The van der Waals surface area contributed by atoms with E-state index in [-0.39, 0.29) is 17.5 Å². The maximum Gasteiger partial charge on any atom is 0.434 e. The van der Waals surface area contributed by atoms with Gasteiger partial charge in [-0.05, 0) is 36.8 Å². The Hall–Kier alpha value is -4.16. The zero-order chi connectivity index (χ0) is 29.5. The van der Waals surface area contributed by atoms with Crippen molar-refractivity contribution in [2.45, 2.75) is 45.2 Å². The van der Waals surface area contributed by atoms with Gasteiger partial charge in [-0.15, -0.1) is 5.10 Å². The first kappa shape index (κ1) is 27.7. The first-order valence-electron chi connectivity index (χ1n) is 14.5. The van der Waals surface area contributed by atoms with Gasteiger partial charge < -0.3 is 18.6 Å². The van der Waals surface area contributed by atoms with Crippen LogP contribution >= 0.6 is 11.6 Å². The molecule has 0 unspecified atom stereocenters. The van der Waals surface area contributed by atoms with Crippen molar-refractivity contribution >= 4 is 28.7 Å².